The number of nitrogens with zero attached hydrogens (tertiary/aromatic N) is 2. The van der Waals surface area contributed by atoms with Gasteiger partial charge >= 0.3 is 0 Å². The summed E-state index contributed by atoms with van der Waals surface area (Å²) in [4.78, 5) is 63.8. The number of ketones is 1. The van der Waals surface area contributed by atoms with Gasteiger partial charge in [0, 0.05) is 25.2 Å². The number of rotatable bonds is 2. The second-order valence-corrected chi connectivity index (χ2v) is 5.67. The molecule has 0 bridgehead atoms. The molecule has 7 heteroatoms. The highest BCUT2D eigenvalue weighted by Gasteiger charge is 2.35. The molecule has 2 aromatic carbocycles. The zero-order chi connectivity index (χ0) is 24.0. The molecule has 4 rings (SSSR count). The van der Waals surface area contributed by atoms with E-state index in [1.807, 2.05) is 0 Å². The fourth-order valence-electron chi connectivity index (χ4n) is 2.66. The molecule has 2 heterocycles. The number of hydrogen-bond donors (Lipinski definition) is 0. The molecular formula is C19H12N2O5. The Morgan fingerprint density at radius 1 is 0.692 bits per heavy atom. The van der Waals surface area contributed by atoms with E-state index in [1.54, 1.807) is 0 Å². The number of amides is 4. The molecular weight excluding hydrogens is 336 g/mol. The number of carbonyl (C=O) groups excluding carboxylic acids is 5. The summed E-state index contributed by atoms with van der Waals surface area (Å²) in [5, 5.41) is 0. The van der Waals surface area contributed by atoms with Crippen LogP contribution in [-0.4, -0.2) is 53.3 Å². The Morgan fingerprint density at radius 2 is 1.04 bits per heavy atom. The van der Waals surface area contributed by atoms with Crippen LogP contribution in [0.5, 0.6) is 0 Å². The Morgan fingerprint density at radius 3 is 1.42 bits per heavy atom. The summed E-state index contributed by atoms with van der Waals surface area (Å²) in [7, 11) is 2.23. The number of hydrogen-bond acceptors (Lipinski definition) is 5. The third-order valence-corrected chi connectivity index (χ3v) is 4.15. The number of carbonyl (C=O) groups is 5. The lowest BCUT2D eigenvalue weighted by Gasteiger charge is -2.04. The van der Waals surface area contributed by atoms with E-state index in [-0.39, 0.29) is 0 Å². The summed E-state index contributed by atoms with van der Waals surface area (Å²) in [6.45, 7) is 0. The zero-order valence-electron chi connectivity index (χ0n) is 19.4. The molecule has 0 aliphatic carbocycles. The Balaban J connectivity index is 2.04. The summed E-state index contributed by atoms with van der Waals surface area (Å²) in [6, 6.07) is -4.98. The molecule has 128 valence electrons. The fraction of sp³-hybridized carbons (Fsp3) is 0.105. The predicted octanol–water partition coefficient (Wildman–Crippen LogP) is 1.37. The van der Waals surface area contributed by atoms with Gasteiger partial charge in [-0.15, -0.1) is 0 Å². The minimum absolute atomic E-state index is 0.501. The van der Waals surface area contributed by atoms with Gasteiger partial charge in [-0.05, 0) is 24.2 Å². The normalized spacial score (nSPS) is 18.8. The van der Waals surface area contributed by atoms with Crippen LogP contribution in [0.1, 0.15) is 65.6 Å². The molecule has 2 aromatic rings. The molecule has 0 N–H and O–H groups in total. The van der Waals surface area contributed by atoms with Gasteiger partial charge in [0.2, 0.25) is 0 Å². The minimum atomic E-state index is -1.31. The minimum Gasteiger partial charge on any atom is -0.289 e. The average Bonchev–Trinajstić information content (AvgIpc) is 3.10. The van der Waals surface area contributed by atoms with Crippen LogP contribution in [0.15, 0.2) is 36.3 Å². The van der Waals surface area contributed by atoms with Crippen LogP contribution in [0, 0.1) is 0 Å². The lowest BCUT2D eigenvalue weighted by Crippen LogP contribution is -2.24. The van der Waals surface area contributed by atoms with E-state index in [9.17, 15) is 24.0 Å². The van der Waals surface area contributed by atoms with Crippen molar-refractivity contribution in [1.82, 2.24) is 9.80 Å². The van der Waals surface area contributed by atoms with Crippen molar-refractivity contribution in [3.05, 3.63) is 69.6 Å². The van der Waals surface area contributed by atoms with Gasteiger partial charge in [-0.2, -0.15) is 0 Å². The molecule has 0 fully saturated rings. The largest absolute Gasteiger partial charge is 0.289 e. The third-order valence-electron chi connectivity index (χ3n) is 4.15. The molecule has 7 nitrogen and oxygen atoms in total. The van der Waals surface area contributed by atoms with Crippen LogP contribution in [0.3, 0.4) is 0 Å². The molecule has 0 saturated heterocycles. The summed E-state index contributed by atoms with van der Waals surface area (Å²) in [6.07, 6.45) is 0. The van der Waals surface area contributed by atoms with Gasteiger partial charge in [0.15, 0.2) is 5.78 Å². The molecule has 0 atom stereocenters. The zero-order valence-corrected chi connectivity index (χ0v) is 13.4. The van der Waals surface area contributed by atoms with Gasteiger partial charge in [-0.25, -0.2) is 0 Å². The second kappa shape index (κ2) is 5.19. The Kier molecular flexibility index (Phi) is 2.08. The van der Waals surface area contributed by atoms with E-state index in [0.717, 1.165) is 14.1 Å². The quantitative estimate of drug-likeness (QED) is 0.600. The van der Waals surface area contributed by atoms with Crippen molar-refractivity contribution in [3.8, 4) is 0 Å². The maximum atomic E-state index is 13.3. The maximum absolute atomic E-state index is 13.3. The lowest BCUT2D eigenvalue weighted by atomic mass is 9.96. The molecule has 2 aliphatic rings. The average molecular weight is 354 g/mol. The van der Waals surface area contributed by atoms with Gasteiger partial charge < -0.3 is 0 Å². The first-order valence-electron chi connectivity index (χ1n) is 10.3. The molecule has 0 radical (unpaired) electrons. The standard InChI is InChI=1S/C19H12N2O5/c1-20-16(23)11-5-3-9(7-13(11)18(20)25)15(22)10-4-6-12-14(8-10)19(26)21(2)17(12)24/h3-8H,1-2H3/i3D,4D,5D,6D,7D,8D. The van der Waals surface area contributed by atoms with Crippen molar-refractivity contribution >= 4 is 29.4 Å². The molecule has 0 aromatic heterocycles. The van der Waals surface area contributed by atoms with E-state index in [1.165, 1.54) is 0 Å². The first-order valence-corrected chi connectivity index (χ1v) is 7.31. The van der Waals surface area contributed by atoms with Crippen molar-refractivity contribution < 1.29 is 32.2 Å². The number of benzene rings is 2. The van der Waals surface area contributed by atoms with E-state index in [0.29, 0.717) is 9.80 Å². The van der Waals surface area contributed by atoms with Gasteiger partial charge in [0.25, 0.3) is 23.6 Å². The number of fused-ring (bicyclic) bond motifs is 2. The second-order valence-electron chi connectivity index (χ2n) is 5.67. The highest BCUT2D eigenvalue weighted by molar-refractivity contribution is 6.24. The molecule has 4 amide bonds. The first kappa shape index (κ1) is 10.4. The van der Waals surface area contributed by atoms with Crippen molar-refractivity contribution in [2.45, 2.75) is 0 Å². The van der Waals surface area contributed by atoms with Crippen LogP contribution in [0.4, 0.5) is 0 Å². The first-order chi connectivity index (χ1) is 14.8. The summed E-state index contributed by atoms with van der Waals surface area (Å²) in [5.74, 6) is -5.03. The fourth-order valence-corrected chi connectivity index (χ4v) is 2.66. The predicted molar refractivity (Wildman–Crippen MR) is 89.2 cm³/mol. The molecule has 0 spiro atoms. The Hall–Kier alpha value is -3.61. The van der Waals surface area contributed by atoms with Crippen LogP contribution in [0.25, 0.3) is 0 Å². The maximum Gasteiger partial charge on any atom is 0.261 e. The van der Waals surface area contributed by atoms with Crippen molar-refractivity contribution in [1.29, 1.82) is 0 Å². The van der Waals surface area contributed by atoms with Crippen molar-refractivity contribution in [2.24, 2.45) is 0 Å². The van der Waals surface area contributed by atoms with Crippen LogP contribution in [-0.2, 0) is 0 Å². The van der Waals surface area contributed by atoms with Gasteiger partial charge in [0.1, 0.15) is 0 Å². The highest BCUT2D eigenvalue weighted by atomic mass is 16.2. The Labute approximate surface area is 156 Å². The highest BCUT2D eigenvalue weighted by Crippen LogP contribution is 2.26. The van der Waals surface area contributed by atoms with Crippen molar-refractivity contribution in [3.63, 3.8) is 0 Å². The lowest BCUT2D eigenvalue weighted by molar-refractivity contribution is 0.0678. The Bertz CT molecular complexity index is 1270. The summed E-state index contributed by atoms with van der Waals surface area (Å²) < 4.78 is 49.0. The summed E-state index contributed by atoms with van der Waals surface area (Å²) >= 11 is 0. The van der Waals surface area contributed by atoms with E-state index in [4.69, 9.17) is 8.22 Å². The monoisotopic (exact) mass is 354 g/mol. The van der Waals surface area contributed by atoms with E-state index < -0.39 is 99.0 Å². The molecule has 26 heavy (non-hydrogen) atoms. The van der Waals surface area contributed by atoms with Gasteiger partial charge in [0.05, 0.1) is 30.5 Å². The topological polar surface area (TPSA) is 91.8 Å². The van der Waals surface area contributed by atoms with Crippen molar-refractivity contribution in [2.75, 3.05) is 14.1 Å². The molecule has 0 unspecified atom stereocenters. The van der Waals surface area contributed by atoms with E-state index in [2.05, 4.69) is 0 Å². The van der Waals surface area contributed by atoms with Gasteiger partial charge in [-0.3, -0.25) is 33.8 Å². The molecule has 0 saturated carbocycles. The summed E-state index contributed by atoms with van der Waals surface area (Å²) in [5.41, 5.74) is -3.76. The molecule has 2 aliphatic heterocycles. The van der Waals surface area contributed by atoms with Crippen LogP contribution >= 0.6 is 0 Å². The van der Waals surface area contributed by atoms with Gasteiger partial charge in [-0.1, -0.05) is 12.1 Å². The van der Waals surface area contributed by atoms with Crippen LogP contribution in [0.2, 0.25) is 0 Å². The SMILES string of the molecule is [2H]c1c([2H])c2c(c([2H])c1C(=O)c1c([2H])c([2H])c3c(c1[2H])C(=O)N(C)C3=O)C(=O)N(C)C2=O. The number of imide groups is 2. The van der Waals surface area contributed by atoms with Crippen LogP contribution < -0.4 is 0 Å². The smallest absolute Gasteiger partial charge is 0.261 e. The third kappa shape index (κ3) is 1.97. The van der Waals surface area contributed by atoms with E-state index >= 15 is 0 Å².